The Kier molecular flexibility index (Phi) is 5.09. The van der Waals surface area contributed by atoms with Gasteiger partial charge in [-0.05, 0) is 42.0 Å². The first-order chi connectivity index (χ1) is 13.7. The zero-order valence-corrected chi connectivity index (χ0v) is 15.6. The lowest BCUT2D eigenvalue weighted by molar-refractivity contribution is 0.305. The van der Waals surface area contributed by atoms with Crippen LogP contribution in [0.25, 0.3) is 22.7 Å². The number of fused-ring (bicyclic) bond motifs is 1. The molecule has 1 aromatic heterocycles. The van der Waals surface area contributed by atoms with Crippen molar-refractivity contribution in [2.75, 3.05) is 0 Å². The number of imidazole rings is 1. The first-order valence-corrected chi connectivity index (χ1v) is 9.14. The summed E-state index contributed by atoms with van der Waals surface area (Å²) in [6.07, 6.45) is 1.78. The Hall–Kier alpha value is -3.55. The van der Waals surface area contributed by atoms with Crippen LogP contribution < -0.4 is 4.74 Å². The van der Waals surface area contributed by atoms with Crippen molar-refractivity contribution in [2.24, 2.45) is 0 Å². The number of nitriles is 1. The molecule has 0 bridgehead atoms. The molecule has 0 saturated carbocycles. The smallest absolute Gasteiger partial charge is 0.149 e. The third-order valence-corrected chi connectivity index (χ3v) is 4.50. The highest BCUT2D eigenvalue weighted by Crippen LogP contribution is 2.25. The Morgan fingerprint density at radius 1 is 1.07 bits per heavy atom. The first kappa shape index (κ1) is 17.8. The Morgan fingerprint density at radius 3 is 2.71 bits per heavy atom. The number of nitrogens with zero attached hydrogens (tertiary/aromatic N) is 2. The molecular weight excluding hydrogens is 370 g/mol. The lowest BCUT2D eigenvalue weighted by Crippen LogP contribution is -1.97. The molecule has 0 fully saturated rings. The van der Waals surface area contributed by atoms with Gasteiger partial charge in [-0.15, -0.1) is 0 Å². The number of aromatic amines is 1. The molecule has 0 aliphatic rings. The van der Waals surface area contributed by atoms with E-state index in [1.54, 1.807) is 6.08 Å². The summed E-state index contributed by atoms with van der Waals surface area (Å²) in [5, 5.41) is 10.3. The molecule has 4 rings (SSSR count). The van der Waals surface area contributed by atoms with Gasteiger partial charge in [0.15, 0.2) is 0 Å². The standard InChI is InChI=1S/C23H16ClN3O/c24-19-8-5-6-16(12-19)15-28-22-11-4-1-7-17(22)13-18(14-25)23-26-20-9-2-3-10-21(20)27-23/h1-13H,15H2,(H,26,27)/b18-13-. The Bertz CT molecular complexity index is 1170. The van der Waals surface area contributed by atoms with Crippen LogP contribution in [0, 0.1) is 11.3 Å². The Morgan fingerprint density at radius 2 is 1.89 bits per heavy atom. The predicted molar refractivity (Wildman–Crippen MR) is 112 cm³/mol. The maximum absolute atomic E-state index is 9.66. The van der Waals surface area contributed by atoms with E-state index in [2.05, 4.69) is 16.0 Å². The van der Waals surface area contributed by atoms with Crippen LogP contribution >= 0.6 is 11.6 Å². The average molecular weight is 386 g/mol. The highest BCUT2D eigenvalue weighted by atomic mass is 35.5. The van der Waals surface area contributed by atoms with Crippen molar-refractivity contribution in [1.29, 1.82) is 5.26 Å². The molecule has 1 heterocycles. The zero-order chi connectivity index (χ0) is 19.3. The van der Waals surface area contributed by atoms with E-state index in [-0.39, 0.29) is 0 Å². The van der Waals surface area contributed by atoms with Crippen LogP contribution in [0.5, 0.6) is 5.75 Å². The molecule has 3 aromatic carbocycles. The molecule has 0 aliphatic heterocycles. The second-order valence-corrected chi connectivity index (χ2v) is 6.67. The van der Waals surface area contributed by atoms with Crippen molar-refractivity contribution in [2.45, 2.75) is 6.61 Å². The van der Waals surface area contributed by atoms with Crippen LogP contribution in [-0.2, 0) is 6.61 Å². The fourth-order valence-electron chi connectivity index (χ4n) is 2.91. The van der Waals surface area contributed by atoms with Crippen LogP contribution in [0.2, 0.25) is 5.02 Å². The summed E-state index contributed by atoms with van der Waals surface area (Å²) in [6.45, 7) is 0.387. The third kappa shape index (κ3) is 3.90. The number of H-pyrrole nitrogens is 1. The van der Waals surface area contributed by atoms with Gasteiger partial charge in [0.05, 0.1) is 16.6 Å². The minimum atomic E-state index is 0.387. The summed E-state index contributed by atoms with van der Waals surface area (Å²) in [6, 6.07) is 25.1. The maximum Gasteiger partial charge on any atom is 0.149 e. The quantitative estimate of drug-likeness (QED) is 0.437. The summed E-state index contributed by atoms with van der Waals surface area (Å²) in [5.74, 6) is 1.22. The SMILES string of the molecule is N#C/C(=C/c1ccccc1OCc1cccc(Cl)c1)c1nc2ccccc2[nH]1. The molecule has 0 unspecified atom stereocenters. The molecule has 0 saturated heterocycles. The van der Waals surface area contributed by atoms with Crippen LogP contribution in [0.1, 0.15) is 17.0 Å². The van der Waals surface area contributed by atoms with Crippen LogP contribution in [0.3, 0.4) is 0 Å². The molecule has 0 radical (unpaired) electrons. The van der Waals surface area contributed by atoms with Crippen molar-refractivity contribution < 1.29 is 4.74 Å². The van der Waals surface area contributed by atoms with E-state index in [9.17, 15) is 5.26 Å². The predicted octanol–water partition coefficient (Wildman–Crippen LogP) is 5.86. The van der Waals surface area contributed by atoms with Gasteiger partial charge in [0.2, 0.25) is 0 Å². The van der Waals surface area contributed by atoms with Gasteiger partial charge in [-0.1, -0.05) is 54.1 Å². The summed E-state index contributed by atoms with van der Waals surface area (Å²) in [7, 11) is 0. The summed E-state index contributed by atoms with van der Waals surface area (Å²) in [4.78, 5) is 7.70. The summed E-state index contributed by atoms with van der Waals surface area (Å²) >= 11 is 6.04. The van der Waals surface area contributed by atoms with Gasteiger partial charge in [0, 0.05) is 10.6 Å². The van der Waals surface area contributed by atoms with Gasteiger partial charge in [-0.2, -0.15) is 5.26 Å². The second kappa shape index (κ2) is 7.99. The van der Waals surface area contributed by atoms with Gasteiger partial charge < -0.3 is 9.72 Å². The van der Waals surface area contributed by atoms with Crippen molar-refractivity contribution >= 4 is 34.3 Å². The number of rotatable bonds is 5. The number of ether oxygens (including phenoxy) is 1. The van der Waals surface area contributed by atoms with Gasteiger partial charge in [0.1, 0.15) is 24.3 Å². The number of hydrogen-bond acceptors (Lipinski definition) is 3. The molecule has 0 spiro atoms. The molecule has 136 valence electrons. The molecule has 28 heavy (non-hydrogen) atoms. The topological polar surface area (TPSA) is 61.7 Å². The van der Waals surface area contributed by atoms with Crippen molar-refractivity contribution in [3.63, 3.8) is 0 Å². The van der Waals surface area contributed by atoms with Crippen LogP contribution in [0.15, 0.2) is 72.8 Å². The zero-order valence-electron chi connectivity index (χ0n) is 14.9. The van der Waals surface area contributed by atoms with Crippen LogP contribution in [0.4, 0.5) is 0 Å². The normalized spacial score (nSPS) is 11.4. The molecular formula is C23H16ClN3O. The number of hydrogen-bond donors (Lipinski definition) is 1. The fraction of sp³-hybridized carbons (Fsp3) is 0.0435. The largest absolute Gasteiger partial charge is 0.488 e. The number of nitrogens with one attached hydrogen (secondary N) is 1. The molecule has 0 atom stereocenters. The van der Waals surface area contributed by atoms with Crippen LogP contribution in [-0.4, -0.2) is 9.97 Å². The fourth-order valence-corrected chi connectivity index (χ4v) is 3.12. The van der Waals surface area contributed by atoms with E-state index >= 15 is 0 Å². The van der Waals surface area contributed by atoms with E-state index in [0.29, 0.717) is 28.8 Å². The Labute approximate surface area is 167 Å². The van der Waals surface area contributed by atoms with Gasteiger partial charge in [-0.25, -0.2) is 4.98 Å². The van der Waals surface area contributed by atoms with Gasteiger partial charge in [-0.3, -0.25) is 0 Å². The first-order valence-electron chi connectivity index (χ1n) is 8.76. The van der Waals surface area contributed by atoms with Crippen molar-refractivity contribution in [3.8, 4) is 11.8 Å². The van der Waals surface area contributed by atoms with Gasteiger partial charge >= 0.3 is 0 Å². The van der Waals surface area contributed by atoms with Crippen molar-refractivity contribution in [1.82, 2.24) is 9.97 Å². The number of halogens is 1. The van der Waals surface area contributed by atoms with E-state index in [1.165, 1.54) is 0 Å². The lowest BCUT2D eigenvalue weighted by atomic mass is 10.1. The maximum atomic E-state index is 9.66. The highest BCUT2D eigenvalue weighted by Gasteiger charge is 2.10. The molecule has 1 N–H and O–H groups in total. The van der Waals surface area contributed by atoms with Gasteiger partial charge in [0.25, 0.3) is 0 Å². The number of allylic oxidation sites excluding steroid dienone is 1. The Balaban J connectivity index is 1.63. The third-order valence-electron chi connectivity index (χ3n) is 4.27. The molecule has 0 amide bonds. The monoisotopic (exact) mass is 385 g/mol. The molecule has 5 heteroatoms. The van der Waals surface area contributed by atoms with E-state index in [0.717, 1.165) is 22.2 Å². The number of para-hydroxylation sites is 3. The highest BCUT2D eigenvalue weighted by molar-refractivity contribution is 6.30. The molecule has 4 nitrogen and oxygen atoms in total. The number of aromatic nitrogens is 2. The van der Waals surface area contributed by atoms with E-state index in [1.807, 2.05) is 72.8 Å². The van der Waals surface area contributed by atoms with E-state index in [4.69, 9.17) is 16.3 Å². The summed E-state index contributed by atoms with van der Waals surface area (Å²) in [5.41, 5.74) is 3.94. The lowest BCUT2D eigenvalue weighted by Gasteiger charge is -2.10. The van der Waals surface area contributed by atoms with Crippen molar-refractivity contribution in [3.05, 3.63) is 94.8 Å². The molecule has 4 aromatic rings. The molecule has 0 aliphatic carbocycles. The minimum absolute atomic E-state index is 0.387. The summed E-state index contributed by atoms with van der Waals surface area (Å²) < 4.78 is 5.98. The average Bonchev–Trinajstić information content (AvgIpc) is 3.15. The second-order valence-electron chi connectivity index (χ2n) is 6.23. The van der Waals surface area contributed by atoms with E-state index < -0.39 is 0 Å². The minimum Gasteiger partial charge on any atom is -0.488 e. The number of benzene rings is 3.